The number of ether oxygens (including phenoxy) is 2. The summed E-state index contributed by atoms with van der Waals surface area (Å²) in [5.74, 6) is -0.692. The van der Waals surface area contributed by atoms with E-state index in [-0.39, 0.29) is 51.5 Å². The lowest BCUT2D eigenvalue weighted by molar-refractivity contribution is -0.144. The first-order valence-corrected chi connectivity index (χ1v) is 13.2. The van der Waals surface area contributed by atoms with Crippen LogP contribution >= 0.6 is 7.60 Å². The molecule has 0 heterocycles. The van der Waals surface area contributed by atoms with Crippen molar-refractivity contribution in [2.75, 3.05) is 39.1 Å². The van der Waals surface area contributed by atoms with Crippen molar-refractivity contribution in [3.8, 4) is 5.75 Å². The third kappa shape index (κ3) is 10.5. The van der Waals surface area contributed by atoms with Crippen molar-refractivity contribution in [1.82, 2.24) is 5.32 Å². The predicted molar refractivity (Wildman–Crippen MR) is 130 cm³/mol. The molecule has 0 aliphatic rings. The van der Waals surface area contributed by atoms with Gasteiger partial charge in [0.15, 0.2) is 0 Å². The molecular formula is C25H34NO7P. The van der Waals surface area contributed by atoms with E-state index in [9.17, 15) is 14.2 Å². The fraction of sp³-hybridized carbons (Fsp3) is 0.440. The summed E-state index contributed by atoms with van der Waals surface area (Å²) < 4.78 is 34.4. The van der Waals surface area contributed by atoms with E-state index >= 15 is 0 Å². The van der Waals surface area contributed by atoms with Gasteiger partial charge >= 0.3 is 13.6 Å². The molecule has 34 heavy (non-hydrogen) atoms. The van der Waals surface area contributed by atoms with Crippen molar-refractivity contribution in [2.24, 2.45) is 5.92 Å². The number of carbonyl (C=O) groups is 2. The van der Waals surface area contributed by atoms with Gasteiger partial charge in [0.25, 0.3) is 0 Å². The molecule has 1 atom stereocenters. The average molecular weight is 492 g/mol. The lowest BCUT2D eigenvalue weighted by Gasteiger charge is -2.23. The molecule has 1 amide bonds. The molecule has 0 aliphatic heterocycles. The number of esters is 1. The summed E-state index contributed by atoms with van der Waals surface area (Å²) in [6, 6.07) is 18.7. The van der Waals surface area contributed by atoms with E-state index in [4.69, 9.17) is 18.5 Å². The highest BCUT2D eigenvalue weighted by Crippen LogP contribution is 2.50. The van der Waals surface area contributed by atoms with E-state index in [0.717, 1.165) is 5.56 Å². The molecule has 2 aromatic carbocycles. The summed E-state index contributed by atoms with van der Waals surface area (Å²) in [6.45, 7) is 4.36. The molecule has 186 valence electrons. The Kier molecular flexibility index (Phi) is 12.4. The number of amides is 1. The van der Waals surface area contributed by atoms with Crippen LogP contribution in [0.4, 0.5) is 0 Å². The van der Waals surface area contributed by atoms with Crippen molar-refractivity contribution in [3.05, 3.63) is 66.2 Å². The number of carbonyl (C=O) groups excluding carboxylic acids is 2. The minimum Gasteiger partial charge on any atom is -0.490 e. The Hall–Kier alpha value is -2.67. The molecule has 0 saturated carbocycles. The number of para-hydroxylation sites is 1. The fourth-order valence-electron chi connectivity index (χ4n) is 3.28. The van der Waals surface area contributed by atoms with Gasteiger partial charge in [-0.2, -0.15) is 0 Å². The normalized spacial score (nSPS) is 12.1. The average Bonchev–Trinajstić information content (AvgIpc) is 2.83. The summed E-state index contributed by atoms with van der Waals surface area (Å²) >= 11 is 0. The molecule has 2 rings (SSSR count). The molecule has 0 saturated heterocycles. The Morgan fingerprint density at radius 1 is 0.912 bits per heavy atom. The van der Waals surface area contributed by atoms with E-state index in [2.05, 4.69) is 5.32 Å². The second kappa shape index (κ2) is 15.3. The highest BCUT2D eigenvalue weighted by atomic mass is 31.2. The van der Waals surface area contributed by atoms with Crippen LogP contribution in [0.3, 0.4) is 0 Å². The lowest BCUT2D eigenvalue weighted by Crippen LogP contribution is -2.35. The first-order valence-electron chi connectivity index (χ1n) is 11.5. The Labute approximate surface area is 201 Å². The van der Waals surface area contributed by atoms with Crippen molar-refractivity contribution >= 4 is 19.5 Å². The highest BCUT2D eigenvalue weighted by molar-refractivity contribution is 7.53. The van der Waals surface area contributed by atoms with E-state index in [1.807, 2.05) is 60.7 Å². The minimum absolute atomic E-state index is 0.0176. The van der Waals surface area contributed by atoms with E-state index in [0.29, 0.717) is 12.2 Å². The van der Waals surface area contributed by atoms with Gasteiger partial charge in [0.1, 0.15) is 19.0 Å². The Bertz CT molecular complexity index is 898. The van der Waals surface area contributed by atoms with Gasteiger partial charge in [-0.25, -0.2) is 0 Å². The monoisotopic (exact) mass is 491 g/mol. The van der Waals surface area contributed by atoms with Crippen LogP contribution in [-0.4, -0.2) is 51.0 Å². The van der Waals surface area contributed by atoms with Crippen LogP contribution in [0.5, 0.6) is 5.75 Å². The summed E-state index contributed by atoms with van der Waals surface area (Å²) in [4.78, 5) is 24.9. The number of nitrogens with one attached hydrogen (secondary N) is 1. The third-order valence-corrected chi connectivity index (χ3v) is 6.97. The predicted octanol–water partition coefficient (Wildman–Crippen LogP) is 4.24. The smallest absolute Gasteiger partial charge is 0.331 e. The molecule has 1 N–H and O–H groups in total. The van der Waals surface area contributed by atoms with Crippen LogP contribution in [0.1, 0.15) is 25.8 Å². The lowest BCUT2D eigenvalue weighted by atomic mass is 10.0. The van der Waals surface area contributed by atoms with Crippen LogP contribution in [0.25, 0.3) is 0 Å². The molecule has 8 nitrogen and oxygen atoms in total. The van der Waals surface area contributed by atoms with Gasteiger partial charge in [-0.1, -0.05) is 48.5 Å². The first kappa shape index (κ1) is 27.6. The topological polar surface area (TPSA) is 100 Å². The summed E-state index contributed by atoms with van der Waals surface area (Å²) in [5, 5.41) is 2.75. The molecular weight excluding hydrogens is 457 g/mol. The van der Waals surface area contributed by atoms with Crippen molar-refractivity contribution < 1.29 is 32.7 Å². The molecule has 0 radical (unpaired) electrons. The van der Waals surface area contributed by atoms with E-state index < -0.39 is 19.5 Å². The first-order chi connectivity index (χ1) is 16.5. The van der Waals surface area contributed by atoms with Crippen LogP contribution in [0.15, 0.2) is 60.7 Å². The zero-order valence-corrected chi connectivity index (χ0v) is 20.7. The molecule has 0 fully saturated rings. The molecule has 0 unspecified atom stereocenters. The maximum atomic E-state index is 13.0. The van der Waals surface area contributed by atoms with Crippen LogP contribution in [-0.2, 0) is 34.4 Å². The van der Waals surface area contributed by atoms with Gasteiger partial charge in [-0.05, 0) is 38.0 Å². The van der Waals surface area contributed by atoms with Crippen LogP contribution in [0.2, 0.25) is 0 Å². The molecule has 9 heteroatoms. The minimum atomic E-state index is -3.43. The quantitative estimate of drug-likeness (QED) is 0.213. The zero-order chi connectivity index (χ0) is 24.7. The Morgan fingerprint density at radius 3 is 2.15 bits per heavy atom. The number of hydrogen-bond acceptors (Lipinski definition) is 7. The summed E-state index contributed by atoms with van der Waals surface area (Å²) in [7, 11) is -3.43. The maximum absolute atomic E-state index is 13.0. The molecule has 0 bridgehead atoms. The van der Waals surface area contributed by atoms with Gasteiger partial charge in [0.05, 0.1) is 31.7 Å². The van der Waals surface area contributed by atoms with Gasteiger partial charge in [-0.15, -0.1) is 0 Å². The van der Waals surface area contributed by atoms with Crippen molar-refractivity contribution in [2.45, 2.75) is 26.7 Å². The number of benzene rings is 2. The molecule has 0 aliphatic carbocycles. The summed E-state index contributed by atoms with van der Waals surface area (Å²) in [5.41, 5.74) is 0.931. The third-order valence-electron chi connectivity index (χ3n) is 4.78. The molecule has 0 spiro atoms. The van der Waals surface area contributed by atoms with Crippen molar-refractivity contribution in [3.63, 3.8) is 0 Å². The van der Waals surface area contributed by atoms with E-state index in [1.165, 1.54) is 0 Å². The van der Waals surface area contributed by atoms with Gasteiger partial charge in [0, 0.05) is 6.54 Å². The van der Waals surface area contributed by atoms with Gasteiger partial charge in [0.2, 0.25) is 5.91 Å². The van der Waals surface area contributed by atoms with E-state index in [1.54, 1.807) is 13.8 Å². The second-order valence-electron chi connectivity index (χ2n) is 7.44. The van der Waals surface area contributed by atoms with Gasteiger partial charge < -0.3 is 23.8 Å². The summed E-state index contributed by atoms with van der Waals surface area (Å²) in [6.07, 6.45) is 0.346. The molecule has 0 aromatic heterocycles. The standard InChI is InChI=1S/C25H34NO7P/c1-3-32-34(29,33-4-2)20-22(19-21-11-7-5-8-12-21)25(28)26-16-15-24(27)31-18-17-30-23-13-9-6-10-14-23/h5-14,22H,3-4,15-20H2,1-2H3,(H,26,28)/t22-/m1/s1. The second-order valence-corrected chi connectivity index (χ2v) is 9.54. The van der Waals surface area contributed by atoms with Gasteiger partial charge in [-0.3, -0.25) is 14.2 Å². The zero-order valence-electron chi connectivity index (χ0n) is 19.8. The Morgan fingerprint density at radius 2 is 1.53 bits per heavy atom. The molecule has 2 aromatic rings. The SMILES string of the molecule is CCOP(=O)(C[C@@H](Cc1ccccc1)C(=O)NCCC(=O)OCCOc1ccccc1)OCC. The Balaban J connectivity index is 1.83. The largest absolute Gasteiger partial charge is 0.490 e. The van der Waals surface area contributed by atoms with Crippen LogP contribution in [0, 0.1) is 5.92 Å². The van der Waals surface area contributed by atoms with Crippen LogP contribution < -0.4 is 10.1 Å². The van der Waals surface area contributed by atoms with Crippen molar-refractivity contribution in [1.29, 1.82) is 0 Å². The number of hydrogen-bond donors (Lipinski definition) is 1. The highest BCUT2D eigenvalue weighted by Gasteiger charge is 2.32. The maximum Gasteiger partial charge on any atom is 0.331 e. The number of rotatable bonds is 16. The fourth-order valence-corrected chi connectivity index (χ4v) is 5.19.